The summed E-state index contributed by atoms with van der Waals surface area (Å²) in [6, 6.07) is 86.7. The Kier molecular flexibility index (Phi) is 8.76. The minimum atomic E-state index is 1.14. The summed E-state index contributed by atoms with van der Waals surface area (Å²) >= 11 is 0. The Labute approximate surface area is 367 Å². The highest BCUT2D eigenvalue weighted by Gasteiger charge is 2.18. The Morgan fingerprint density at radius 2 is 0.540 bits per heavy atom. The zero-order valence-corrected chi connectivity index (χ0v) is 34.9. The highest BCUT2D eigenvalue weighted by molar-refractivity contribution is 6.13. The highest BCUT2D eigenvalue weighted by atomic mass is 15.0. The lowest BCUT2D eigenvalue weighted by atomic mass is 9.97. The Balaban J connectivity index is 1.02. The predicted molar refractivity (Wildman–Crippen MR) is 267 cm³/mol. The summed E-state index contributed by atoms with van der Waals surface area (Å²) in [5.41, 5.74) is 20.3. The van der Waals surface area contributed by atoms with Crippen LogP contribution in [0.3, 0.4) is 0 Å². The fraction of sp³-hybridized carbons (Fsp3) is 0.0164. The lowest BCUT2D eigenvalue weighted by Crippen LogP contribution is -1.96. The molecule has 0 saturated carbocycles. The van der Waals surface area contributed by atoms with Gasteiger partial charge in [0.25, 0.3) is 0 Å². The van der Waals surface area contributed by atoms with Crippen LogP contribution in [0.25, 0.3) is 111 Å². The van der Waals surface area contributed by atoms with Crippen LogP contribution in [-0.4, -0.2) is 9.13 Å². The third-order valence-electron chi connectivity index (χ3n) is 12.7. The molecule has 2 aromatic heterocycles. The summed E-state index contributed by atoms with van der Waals surface area (Å²) in [5.74, 6) is 0. The van der Waals surface area contributed by atoms with Crippen LogP contribution >= 0.6 is 0 Å². The summed E-state index contributed by atoms with van der Waals surface area (Å²) in [6.07, 6.45) is 0. The first-order chi connectivity index (χ1) is 31.1. The van der Waals surface area contributed by atoms with E-state index in [0.29, 0.717) is 0 Å². The van der Waals surface area contributed by atoms with Gasteiger partial charge in [-0.3, -0.25) is 0 Å². The van der Waals surface area contributed by atoms with Crippen molar-refractivity contribution in [3.05, 3.63) is 242 Å². The second kappa shape index (κ2) is 15.1. The van der Waals surface area contributed by atoms with E-state index < -0.39 is 0 Å². The molecule has 0 amide bonds. The van der Waals surface area contributed by atoms with E-state index in [4.69, 9.17) is 0 Å². The van der Waals surface area contributed by atoms with Crippen molar-refractivity contribution >= 4 is 43.6 Å². The van der Waals surface area contributed by atoms with E-state index in [-0.39, 0.29) is 0 Å². The lowest BCUT2D eigenvalue weighted by molar-refractivity contribution is 1.18. The van der Waals surface area contributed by atoms with Crippen LogP contribution in [0.15, 0.2) is 237 Å². The number of aryl methyl sites for hydroxylation is 1. The molecule has 10 aromatic carbocycles. The molecule has 0 aliphatic rings. The summed E-state index contributed by atoms with van der Waals surface area (Å²) < 4.78 is 4.89. The van der Waals surface area contributed by atoms with Crippen LogP contribution in [-0.2, 0) is 0 Å². The van der Waals surface area contributed by atoms with Gasteiger partial charge in [-0.1, -0.05) is 169 Å². The number of hydrogen-bond donors (Lipinski definition) is 0. The van der Waals surface area contributed by atoms with Crippen molar-refractivity contribution in [1.29, 1.82) is 0 Å². The standard InChI is InChI=1S/C61H42N2/c1-41-25-27-45(28-26-41)51-34-50(44-19-9-4-10-20-44)37-53(38-51)63-59-24-14-12-22-55(59)57-40-47(30-32-61(57)63)46-29-31-60-56(39-46)54-21-11-13-23-58(54)62(60)52-35-48(42-15-5-2-6-16-42)33-49(36-52)43-17-7-3-8-18-43/h2-40H,1H3. The molecule has 0 spiro atoms. The molecule has 0 bridgehead atoms. The molecule has 296 valence electrons. The van der Waals surface area contributed by atoms with Gasteiger partial charge in [-0.15, -0.1) is 0 Å². The van der Waals surface area contributed by atoms with Crippen LogP contribution in [0.1, 0.15) is 5.56 Å². The van der Waals surface area contributed by atoms with E-state index in [1.807, 2.05) is 0 Å². The Morgan fingerprint density at radius 1 is 0.222 bits per heavy atom. The van der Waals surface area contributed by atoms with Crippen molar-refractivity contribution in [3.8, 4) is 67.0 Å². The van der Waals surface area contributed by atoms with Crippen molar-refractivity contribution in [1.82, 2.24) is 9.13 Å². The number of rotatable bonds is 7. The first-order valence-electron chi connectivity index (χ1n) is 21.7. The molecular formula is C61H42N2. The van der Waals surface area contributed by atoms with Crippen molar-refractivity contribution in [3.63, 3.8) is 0 Å². The molecule has 0 unspecified atom stereocenters. The Morgan fingerprint density at radius 3 is 0.937 bits per heavy atom. The number of aromatic nitrogens is 2. The second-order valence-electron chi connectivity index (χ2n) is 16.7. The normalized spacial score (nSPS) is 11.6. The highest BCUT2D eigenvalue weighted by Crippen LogP contribution is 2.41. The number of nitrogens with zero attached hydrogens (tertiary/aromatic N) is 2. The molecule has 0 fully saturated rings. The first kappa shape index (κ1) is 36.6. The number of fused-ring (bicyclic) bond motifs is 6. The smallest absolute Gasteiger partial charge is 0.0541 e. The molecule has 0 saturated heterocycles. The third kappa shape index (κ3) is 6.43. The maximum atomic E-state index is 2.45. The predicted octanol–water partition coefficient (Wildman–Crippen LogP) is 16.5. The fourth-order valence-corrected chi connectivity index (χ4v) is 9.65. The van der Waals surface area contributed by atoms with Gasteiger partial charge >= 0.3 is 0 Å². The molecule has 2 nitrogen and oxygen atoms in total. The molecule has 0 radical (unpaired) electrons. The van der Waals surface area contributed by atoms with E-state index in [1.165, 1.54) is 105 Å². The van der Waals surface area contributed by atoms with E-state index in [1.54, 1.807) is 0 Å². The van der Waals surface area contributed by atoms with Gasteiger partial charge in [0.1, 0.15) is 0 Å². The maximum absolute atomic E-state index is 2.45. The Hall–Kier alpha value is -8.20. The number of para-hydroxylation sites is 2. The molecule has 0 aliphatic carbocycles. The second-order valence-corrected chi connectivity index (χ2v) is 16.7. The van der Waals surface area contributed by atoms with Crippen LogP contribution in [0, 0.1) is 6.92 Å². The molecule has 0 atom stereocenters. The fourth-order valence-electron chi connectivity index (χ4n) is 9.65. The van der Waals surface area contributed by atoms with Crippen molar-refractivity contribution in [2.24, 2.45) is 0 Å². The molecule has 2 heteroatoms. The molecule has 0 N–H and O–H groups in total. The van der Waals surface area contributed by atoms with Crippen molar-refractivity contribution in [2.45, 2.75) is 6.92 Å². The summed E-state index contributed by atoms with van der Waals surface area (Å²) in [4.78, 5) is 0. The average molecular weight is 803 g/mol. The third-order valence-corrected chi connectivity index (χ3v) is 12.7. The van der Waals surface area contributed by atoms with Crippen LogP contribution < -0.4 is 0 Å². The van der Waals surface area contributed by atoms with E-state index in [0.717, 1.165) is 11.4 Å². The van der Waals surface area contributed by atoms with Gasteiger partial charge in [0, 0.05) is 32.9 Å². The van der Waals surface area contributed by atoms with Crippen LogP contribution in [0.5, 0.6) is 0 Å². The van der Waals surface area contributed by atoms with Gasteiger partial charge in [-0.2, -0.15) is 0 Å². The monoisotopic (exact) mass is 802 g/mol. The van der Waals surface area contributed by atoms with Gasteiger partial charge in [0.05, 0.1) is 22.1 Å². The quantitative estimate of drug-likeness (QED) is 0.152. The van der Waals surface area contributed by atoms with Crippen molar-refractivity contribution < 1.29 is 0 Å². The maximum Gasteiger partial charge on any atom is 0.0541 e. The van der Waals surface area contributed by atoms with Gasteiger partial charge < -0.3 is 9.13 Å². The molecule has 12 aromatic rings. The minimum absolute atomic E-state index is 1.14. The zero-order valence-electron chi connectivity index (χ0n) is 34.9. The molecule has 12 rings (SSSR count). The van der Waals surface area contributed by atoms with Gasteiger partial charge in [-0.05, 0) is 135 Å². The molecule has 63 heavy (non-hydrogen) atoms. The SMILES string of the molecule is Cc1ccc(-c2cc(-c3ccccc3)cc(-n3c4ccccc4c4cc(-c5ccc6c(c5)c5ccccc5n6-c5cc(-c6ccccc6)cc(-c6ccccc6)c5)ccc43)c2)cc1. The largest absolute Gasteiger partial charge is 0.309 e. The average Bonchev–Trinajstić information content (AvgIpc) is 3.87. The van der Waals surface area contributed by atoms with Gasteiger partial charge in [0.15, 0.2) is 0 Å². The topological polar surface area (TPSA) is 9.86 Å². The Bertz CT molecular complexity index is 3590. The van der Waals surface area contributed by atoms with Gasteiger partial charge in [-0.25, -0.2) is 0 Å². The zero-order chi connectivity index (χ0) is 41.9. The van der Waals surface area contributed by atoms with E-state index in [2.05, 4.69) is 253 Å². The van der Waals surface area contributed by atoms with Crippen molar-refractivity contribution in [2.75, 3.05) is 0 Å². The first-order valence-corrected chi connectivity index (χ1v) is 21.7. The summed E-state index contributed by atoms with van der Waals surface area (Å²) in [6.45, 7) is 2.14. The number of benzene rings is 10. The van der Waals surface area contributed by atoms with E-state index in [9.17, 15) is 0 Å². The molecule has 0 aliphatic heterocycles. The molecule has 2 heterocycles. The minimum Gasteiger partial charge on any atom is -0.309 e. The summed E-state index contributed by atoms with van der Waals surface area (Å²) in [5, 5.41) is 4.94. The number of hydrogen-bond acceptors (Lipinski definition) is 0. The van der Waals surface area contributed by atoms with Crippen LogP contribution in [0.4, 0.5) is 0 Å². The van der Waals surface area contributed by atoms with Crippen LogP contribution in [0.2, 0.25) is 0 Å². The molecular weight excluding hydrogens is 761 g/mol. The van der Waals surface area contributed by atoms with E-state index >= 15 is 0 Å². The lowest BCUT2D eigenvalue weighted by Gasteiger charge is -2.14. The van der Waals surface area contributed by atoms with Gasteiger partial charge in [0.2, 0.25) is 0 Å². The summed E-state index contributed by atoms with van der Waals surface area (Å²) in [7, 11) is 0.